The monoisotopic (exact) mass is 282 g/mol. The van der Waals surface area contributed by atoms with Crippen molar-refractivity contribution in [2.45, 2.75) is 38.8 Å². The van der Waals surface area contributed by atoms with E-state index in [0.29, 0.717) is 0 Å². The summed E-state index contributed by atoms with van der Waals surface area (Å²) >= 11 is 0. The number of halogens is 1. The second-order valence-corrected chi connectivity index (χ2v) is 4.86. The van der Waals surface area contributed by atoms with Crippen molar-refractivity contribution in [1.82, 2.24) is 10.6 Å². The molecule has 20 heavy (non-hydrogen) atoms. The van der Waals surface area contributed by atoms with Gasteiger partial charge in [0.05, 0.1) is 6.04 Å². The number of nitrogens with one attached hydrogen (secondary N) is 2. The third kappa shape index (κ3) is 3.94. The number of benzene rings is 1. The average Bonchev–Trinajstić information content (AvgIpc) is 2.38. The van der Waals surface area contributed by atoms with Gasteiger partial charge in [0, 0.05) is 0 Å². The van der Waals surface area contributed by atoms with Crippen LogP contribution in [0.5, 0.6) is 0 Å². The summed E-state index contributed by atoms with van der Waals surface area (Å²) in [4.78, 5) is 22.9. The van der Waals surface area contributed by atoms with Crippen LogP contribution in [0.25, 0.3) is 0 Å². The van der Waals surface area contributed by atoms with Crippen molar-refractivity contribution in [1.29, 1.82) is 0 Å². The van der Waals surface area contributed by atoms with Crippen molar-refractivity contribution in [3.05, 3.63) is 35.6 Å². The van der Waals surface area contributed by atoms with Crippen LogP contribution in [0.3, 0.4) is 0 Å². The van der Waals surface area contributed by atoms with Gasteiger partial charge in [-0.15, -0.1) is 0 Å². The van der Waals surface area contributed by atoms with Crippen molar-refractivity contribution >= 4 is 12.0 Å². The Morgan fingerprint density at radius 3 is 2.35 bits per heavy atom. The van der Waals surface area contributed by atoms with Gasteiger partial charge >= 0.3 is 12.0 Å². The Morgan fingerprint density at radius 1 is 1.35 bits per heavy atom. The number of carboxylic acid groups (broad SMARTS) is 1. The zero-order valence-electron chi connectivity index (χ0n) is 11.7. The predicted octanol–water partition coefficient (Wildman–Crippen LogP) is 2.44. The highest BCUT2D eigenvalue weighted by molar-refractivity contribution is 5.85. The summed E-state index contributed by atoms with van der Waals surface area (Å²) in [7, 11) is 0. The Labute approximate surface area is 117 Å². The maximum Gasteiger partial charge on any atom is 0.329 e. The first-order chi connectivity index (χ1) is 9.28. The van der Waals surface area contributed by atoms with E-state index in [0.717, 1.165) is 5.56 Å². The molecule has 0 heterocycles. The highest BCUT2D eigenvalue weighted by Crippen LogP contribution is 2.14. The minimum Gasteiger partial charge on any atom is -0.480 e. The molecule has 0 aliphatic heterocycles. The van der Waals surface area contributed by atoms with E-state index in [9.17, 15) is 14.0 Å². The Hall–Kier alpha value is -2.11. The van der Waals surface area contributed by atoms with Crippen LogP contribution in [-0.2, 0) is 4.79 Å². The molecule has 2 amide bonds. The molecule has 110 valence electrons. The number of hydrogen-bond acceptors (Lipinski definition) is 2. The Morgan fingerprint density at radius 2 is 1.90 bits per heavy atom. The standard InChI is InChI=1S/C14H19FN2O3/c1-4-14(3,12(18)19)17-13(20)16-9(2)10-5-7-11(15)8-6-10/h5-9H,4H2,1-3H3,(H,18,19)(H2,16,17,20). The quantitative estimate of drug-likeness (QED) is 0.776. The molecular weight excluding hydrogens is 263 g/mol. The van der Waals surface area contributed by atoms with Gasteiger partial charge in [0.1, 0.15) is 11.4 Å². The van der Waals surface area contributed by atoms with E-state index in [1.807, 2.05) is 0 Å². The van der Waals surface area contributed by atoms with E-state index in [4.69, 9.17) is 5.11 Å². The molecule has 1 aromatic rings. The zero-order chi connectivity index (χ0) is 15.3. The summed E-state index contributed by atoms with van der Waals surface area (Å²) in [5.74, 6) is -1.44. The molecule has 0 aromatic heterocycles. The van der Waals surface area contributed by atoms with Gasteiger partial charge in [0.2, 0.25) is 0 Å². The molecular formula is C14H19FN2O3. The minimum absolute atomic E-state index is 0.265. The molecule has 0 bridgehead atoms. The SMILES string of the molecule is CCC(C)(NC(=O)NC(C)c1ccc(F)cc1)C(=O)O. The van der Waals surface area contributed by atoms with Gasteiger partial charge in [-0.05, 0) is 38.0 Å². The van der Waals surface area contributed by atoms with E-state index < -0.39 is 17.5 Å². The molecule has 3 N–H and O–H groups in total. The first kappa shape index (κ1) is 15.9. The molecule has 0 spiro atoms. The van der Waals surface area contributed by atoms with Gasteiger partial charge in [-0.3, -0.25) is 0 Å². The molecule has 1 aromatic carbocycles. The fourth-order valence-electron chi connectivity index (χ4n) is 1.61. The normalized spacial score (nSPS) is 15.0. The molecule has 2 atom stereocenters. The van der Waals surface area contributed by atoms with Crippen LogP contribution in [0.4, 0.5) is 9.18 Å². The third-order valence-corrected chi connectivity index (χ3v) is 3.29. The zero-order valence-corrected chi connectivity index (χ0v) is 11.7. The maximum absolute atomic E-state index is 12.8. The Kier molecular flexibility index (Phi) is 5.07. The van der Waals surface area contributed by atoms with Crippen LogP contribution in [0.1, 0.15) is 38.8 Å². The molecule has 6 heteroatoms. The molecule has 0 radical (unpaired) electrons. The fourth-order valence-corrected chi connectivity index (χ4v) is 1.61. The van der Waals surface area contributed by atoms with Gasteiger partial charge in [-0.25, -0.2) is 14.0 Å². The molecule has 0 saturated carbocycles. The van der Waals surface area contributed by atoms with Crippen LogP contribution in [0.2, 0.25) is 0 Å². The largest absolute Gasteiger partial charge is 0.480 e. The molecule has 1 rings (SSSR count). The first-order valence-corrected chi connectivity index (χ1v) is 6.36. The van der Waals surface area contributed by atoms with E-state index in [-0.39, 0.29) is 18.3 Å². The topological polar surface area (TPSA) is 78.4 Å². The summed E-state index contributed by atoms with van der Waals surface area (Å²) < 4.78 is 12.8. The number of hydrogen-bond donors (Lipinski definition) is 3. The van der Waals surface area contributed by atoms with Crippen LogP contribution < -0.4 is 10.6 Å². The molecule has 0 fully saturated rings. The Bertz CT molecular complexity index is 490. The van der Waals surface area contributed by atoms with Crippen molar-refractivity contribution in [3.63, 3.8) is 0 Å². The van der Waals surface area contributed by atoms with E-state index in [1.165, 1.54) is 19.1 Å². The number of carbonyl (C=O) groups is 2. The van der Waals surface area contributed by atoms with E-state index in [2.05, 4.69) is 10.6 Å². The summed E-state index contributed by atoms with van der Waals surface area (Å²) in [6.45, 7) is 4.85. The number of aliphatic carboxylic acids is 1. The molecule has 0 saturated heterocycles. The lowest BCUT2D eigenvalue weighted by Crippen LogP contribution is -2.55. The lowest BCUT2D eigenvalue weighted by Gasteiger charge is -2.26. The first-order valence-electron chi connectivity index (χ1n) is 6.36. The summed E-state index contributed by atoms with van der Waals surface area (Å²) in [5.41, 5.74) is -0.581. The van der Waals surface area contributed by atoms with Gasteiger partial charge in [-0.2, -0.15) is 0 Å². The van der Waals surface area contributed by atoms with Crippen molar-refractivity contribution in [2.75, 3.05) is 0 Å². The van der Waals surface area contributed by atoms with E-state index in [1.54, 1.807) is 26.0 Å². The molecule has 0 aliphatic rings. The average molecular weight is 282 g/mol. The van der Waals surface area contributed by atoms with E-state index >= 15 is 0 Å². The number of carbonyl (C=O) groups excluding carboxylic acids is 1. The van der Waals surface area contributed by atoms with Gasteiger partial charge < -0.3 is 15.7 Å². The second kappa shape index (κ2) is 6.36. The molecule has 2 unspecified atom stereocenters. The minimum atomic E-state index is -1.31. The number of amides is 2. The van der Waals surface area contributed by atoms with Gasteiger partial charge in [-0.1, -0.05) is 19.1 Å². The lowest BCUT2D eigenvalue weighted by molar-refractivity contribution is -0.143. The number of rotatable bonds is 5. The Balaban J connectivity index is 2.66. The predicted molar refractivity (Wildman–Crippen MR) is 72.8 cm³/mol. The lowest BCUT2D eigenvalue weighted by atomic mass is 10.00. The van der Waals surface area contributed by atoms with Crippen molar-refractivity contribution in [2.24, 2.45) is 0 Å². The van der Waals surface area contributed by atoms with Crippen molar-refractivity contribution in [3.8, 4) is 0 Å². The van der Waals surface area contributed by atoms with Crippen LogP contribution >= 0.6 is 0 Å². The highest BCUT2D eigenvalue weighted by atomic mass is 19.1. The molecule has 5 nitrogen and oxygen atoms in total. The third-order valence-electron chi connectivity index (χ3n) is 3.29. The smallest absolute Gasteiger partial charge is 0.329 e. The second-order valence-electron chi connectivity index (χ2n) is 4.86. The van der Waals surface area contributed by atoms with Crippen LogP contribution in [0.15, 0.2) is 24.3 Å². The summed E-state index contributed by atoms with van der Waals surface area (Å²) in [5, 5.41) is 14.1. The fraction of sp³-hybridized carbons (Fsp3) is 0.429. The van der Waals surface area contributed by atoms with Gasteiger partial charge in [0.15, 0.2) is 0 Å². The summed E-state index contributed by atoms with van der Waals surface area (Å²) in [6, 6.07) is 4.81. The van der Waals surface area contributed by atoms with Crippen LogP contribution in [-0.4, -0.2) is 22.6 Å². The number of carboxylic acids is 1. The number of urea groups is 1. The summed E-state index contributed by atoms with van der Waals surface area (Å²) in [6.07, 6.45) is 0.265. The maximum atomic E-state index is 12.8. The van der Waals surface area contributed by atoms with Crippen LogP contribution in [0, 0.1) is 5.82 Å². The molecule has 0 aliphatic carbocycles. The van der Waals surface area contributed by atoms with Crippen molar-refractivity contribution < 1.29 is 19.1 Å². The van der Waals surface area contributed by atoms with Gasteiger partial charge in [0.25, 0.3) is 0 Å². The highest BCUT2D eigenvalue weighted by Gasteiger charge is 2.33.